The van der Waals surface area contributed by atoms with Crippen LogP contribution in [0.2, 0.25) is 5.02 Å². The predicted octanol–water partition coefficient (Wildman–Crippen LogP) is 4.13. The first-order chi connectivity index (χ1) is 11.2. The smallest absolute Gasteiger partial charge is 0.175 e. The van der Waals surface area contributed by atoms with E-state index in [9.17, 15) is 17.9 Å². The normalized spacial score (nSPS) is 17.0. The number of rotatable bonds is 3. The van der Waals surface area contributed by atoms with E-state index >= 15 is 0 Å². The van der Waals surface area contributed by atoms with Gasteiger partial charge in [-0.15, -0.1) is 0 Å². The summed E-state index contributed by atoms with van der Waals surface area (Å²) < 4.78 is 43.1. The lowest BCUT2D eigenvalue weighted by Crippen LogP contribution is -2.05. The van der Waals surface area contributed by atoms with Gasteiger partial charge in [0.2, 0.25) is 0 Å². The molecular formula is C17H14ClFO4S. The maximum Gasteiger partial charge on any atom is 0.175 e. The van der Waals surface area contributed by atoms with Crippen molar-refractivity contribution in [3.8, 4) is 11.5 Å². The van der Waals surface area contributed by atoms with Gasteiger partial charge in [0.1, 0.15) is 17.3 Å². The van der Waals surface area contributed by atoms with Crippen LogP contribution in [0.15, 0.2) is 41.8 Å². The highest BCUT2D eigenvalue weighted by molar-refractivity contribution is 7.90. The highest BCUT2D eigenvalue weighted by Crippen LogP contribution is 2.47. The van der Waals surface area contributed by atoms with Gasteiger partial charge in [0.15, 0.2) is 9.84 Å². The lowest BCUT2D eigenvalue weighted by atomic mass is 10.1. The van der Waals surface area contributed by atoms with Crippen LogP contribution in [0.5, 0.6) is 11.5 Å². The molecule has 1 atom stereocenters. The Kier molecular flexibility index (Phi) is 4.15. The molecule has 0 fully saturated rings. The number of sulfone groups is 1. The van der Waals surface area contributed by atoms with Gasteiger partial charge in [-0.3, -0.25) is 0 Å². The third kappa shape index (κ3) is 3.05. The minimum atomic E-state index is -3.53. The second-order valence-electron chi connectivity index (χ2n) is 5.65. The molecular weight excluding hydrogens is 355 g/mol. The lowest BCUT2D eigenvalue weighted by molar-refractivity contribution is 0.187. The van der Waals surface area contributed by atoms with Gasteiger partial charge >= 0.3 is 0 Å². The molecule has 24 heavy (non-hydrogen) atoms. The largest absolute Gasteiger partial charge is 0.457 e. The number of hydrogen-bond donors (Lipinski definition) is 1. The fourth-order valence-corrected chi connectivity index (χ4v) is 4.00. The van der Waals surface area contributed by atoms with E-state index in [-0.39, 0.29) is 27.7 Å². The van der Waals surface area contributed by atoms with Crippen molar-refractivity contribution in [3.05, 3.63) is 58.9 Å². The van der Waals surface area contributed by atoms with Gasteiger partial charge in [-0.25, -0.2) is 12.8 Å². The molecule has 4 nitrogen and oxygen atoms in total. The molecule has 0 saturated carbocycles. The maximum absolute atomic E-state index is 13.5. The van der Waals surface area contributed by atoms with Crippen LogP contribution in [0.25, 0.3) is 5.57 Å². The molecule has 2 aromatic rings. The molecule has 1 N–H and O–H groups in total. The zero-order valence-corrected chi connectivity index (χ0v) is 14.3. The average molecular weight is 369 g/mol. The van der Waals surface area contributed by atoms with Gasteiger partial charge in [0.25, 0.3) is 0 Å². The van der Waals surface area contributed by atoms with E-state index in [1.807, 2.05) is 0 Å². The zero-order valence-electron chi connectivity index (χ0n) is 12.7. The summed E-state index contributed by atoms with van der Waals surface area (Å²) in [6, 6.07) is 6.59. The van der Waals surface area contributed by atoms with Gasteiger partial charge in [-0.05, 0) is 29.8 Å². The summed E-state index contributed by atoms with van der Waals surface area (Å²) in [5, 5.41) is 10.4. The first-order valence-corrected chi connectivity index (χ1v) is 9.31. The third-order valence-electron chi connectivity index (χ3n) is 3.76. The fourth-order valence-electron chi connectivity index (χ4n) is 2.84. The topological polar surface area (TPSA) is 63.6 Å². The van der Waals surface area contributed by atoms with Crippen LogP contribution >= 0.6 is 11.6 Å². The van der Waals surface area contributed by atoms with E-state index in [1.54, 1.807) is 0 Å². The number of halogens is 2. The third-order valence-corrected chi connectivity index (χ3v) is 5.13. The summed E-state index contributed by atoms with van der Waals surface area (Å²) in [4.78, 5) is 0.0354. The summed E-state index contributed by atoms with van der Waals surface area (Å²) in [5.74, 6) is -0.0927. The Hall–Kier alpha value is -1.89. The first kappa shape index (κ1) is 17.0. The van der Waals surface area contributed by atoms with Crippen molar-refractivity contribution in [2.24, 2.45) is 0 Å². The Labute approximate surface area is 144 Å². The second-order valence-corrected chi connectivity index (χ2v) is 8.07. The molecule has 0 aromatic heterocycles. The van der Waals surface area contributed by atoms with Crippen molar-refractivity contribution < 1.29 is 22.7 Å². The van der Waals surface area contributed by atoms with Gasteiger partial charge in [-0.1, -0.05) is 18.2 Å². The van der Waals surface area contributed by atoms with E-state index in [1.165, 1.54) is 18.2 Å². The molecule has 1 aliphatic rings. The van der Waals surface area contributed by atoms with Crippen LogP contribution < -0.4 is 4.74 Å². The summed E-state index contributed by atoms with van der Waals surface area (Å²) in [5.41, 5.74) is 1.26. The molecule has 0 aliphatic heterocycles. The first-order valence-electron chi connectivity index (χ1n) is 7.04. The summed E-state index contributed by atoms with van der Waals surface area (Å²) in [7, 11) is -3.53. The number of fused-ring (bicyclic) bond motifs is 1. The molecule has 0 saturated heterocycles. The van der Waals surface area contributed by atoms with E-state index < -0.39 is 21.8 Å². The summed E-state index contributed by atoms with van der Waals surface area (Å²) >= 11 is 5.81. The molecule has 0 radical (unpaired) electrons. The van der Waals surface area contributed by atoms with E-state index in [0.29, 0.717) is 16.9 Å². The molecule has 0 amide bonds. The highest BCUT2D eigenvalue weighted by atomic mass is 35.5. The fraction of sp³-hybridized carbons (Fsp3) is 0.176. The second kappa shape index (κ2) is 5.88. The number of hydrogen-bond acceptors (Lipinski definition) is 4. The van der Waals surface area contributed by atoms with Crippen molar-refractivity contribution in [1.29, 1.82) is 0 Å². The van der Waals surface area contributed by atoms with Gasteiger partial charge < -0.3 is 9.84 Å². The predicted molar refractivity (Wildman–Crippen MR) is 89.6 cm³/mol. The Morgan fingerprint density at radius 3 is 2.67 bits per heavy atom. The number of benzene rings is 2. The molecule has 2 aromatic carbocycles. The Balaban J connectivity index is 2.16. The molecule has 7 heteroatoms. The molecule has 0 bridgehead atoms. The van der Waals surface area contributed by atoms with Gasteiger partial charge in [0.05, 0.1) is 11.0 Å². The highest BCUT2D eigenvalue weighted by Gasteiger charge is 2.32. The van der Waals surface area contributed by atoms with Crippen LogP contribution in [-0.4, -0.2) is 19.8 Å². The Morgan fingerprint density at radius 1 is 1.33 bits per heavy atom. The molecule has 0 heterocycles. The van der Waals surface area contributed by atoms with Crippen molar-refractivity contribution in [1.82, 2.24) is 0 Å². The Morgan fingerprint density at radius 2 is 2.04 bits per heavy atom. The van der Waals surface area contributed by atoms with E-state index in [4.69, 9.17) is 16.3 Å². The van der Waals surface area contributed by atoms with Crippen LogP contribution in [0, 0.1) is 5.82 Å². The van der Waals surface area contributed by atoms with Crippen LogP contribution in [-0.2, 0) is 9.84 Å². The van der Waals surface area contributed by atoms with Crippen LogP contribution in [0.3, 0.4) is 0 Å². The van der Waals surface area contributed by atoms with E-state index in [2.05, 4.69) is 6.58 Å². The van der Waals surface area contributed by atoms with E-state index in [0.717, 1.165) is 18.4 Å². The minimum Gasteiger partial charge on any atom is -0.457 e. The lowest BCUT2D eigenvalue weighted by Gasteiger charge is -2.15. The SMILES string of the molecule is C=C1CC(O)c2c(S(C)(=O)=O)ccc(Oc3cc(F)cc(Cl)c3)c21. The monoisotopic (exact) mass is 368 g/mol. The average Bonchev–Trinajstić information content (AvgIpc) is 2.72. The van der Waals surface area contributed by atoms with Crippen LogP contribution in [0.1, 0.15) is 23.7 Å². The number of aliphatic hydroxyl groups is 1. The van der Waals surface area contributed by atoms with Gasteiger partial charge in [-0.2, -0.15) is 0 Å². The number of ether oxygens (including phenoxy) is 1. The standard InChI is InChI=1S/C17H14ClFO4S/c1-9-5-13(20)17-15(24(2,21)22)4-3-14(16(9)17)23-12-7-10(18)6-11(19)8-12/h3-4,6-8,13,20H,1,5H2,2H3. The summed E-state index contributed by atoms with van der Waals surface area (Å²) in [6.45, 7) is 3.87. The molecule has 1 aliphatic carbocycles. The Bertz CT molecular complexity index is 933. The van der Waals surface area contributed by atoms with Crippen molar-refractivity contribution in [2.45, 2.75) is 17.4 Å². The van der Waals surface area contributed by atoms with Crippen molar-refractivity contribution in [2.75, 3.05) is 6.26 Å². The quantitative estimate of drug-likeness (QED) is 0.884. The molecule has 3 rings (SSSR count). The zero-order chi connectivity index (χ0) is 17.6. The molecule has 0 spiro atoms. The molecule has 126 valence electrons. The maximum atomic E-state index is 13.5. The molecule has 1 unspecified atom stereocenters. The minimum absolute atomic E-state index is 0.0354. The van der Waals surface area contributed by atoms with Crippen molar-refractivity contribution >= 4 is 27.0 Å². The summed E-state index contributed by atoms with van der Waals surface area (Å²) in [6.07, 6.45) is 0.308. The van der Waals surface area contributed by atoms with Crippen molar-refractivity contribution in [3.63, 3.8) is 0 Å². The number of aliphatic hydroxyl groups excluding tert-OH is 1. The van der Waals surface area contributed by atoms with Crippen LogP contribution in [0.4, 0.5) is 4.39 Å². The van der Waals surface area contributed by atoms with Gasteiger partial charge in [0, 0.05) is 34.9 Å².